The van der Waals surface area contributed by atoms with E-state index >= 15 is 0 Å². The summed E-state index contributed by atoms with van der Waals surface area (Å²) in [5.41, 5.74) is 2.02. The van der Waals surface area contributed by atoms with Crippen molar-refractivity contribution in [3.8, 4) is 5.75 Å². The van der Waals surface area contributed by atoms with Gasteiger partial charge in [-0.05, 0) is 61.6 Å². The van der Waals surface area contributed by atoms with E-state index in [2.05, 4.69) is 24.1 Å². The Bertz CT molecular complexity index is 1090. The first kappa shape index (κ1) is 27.1. The molecule has 0 spiro atoms. The van der Waals surface area contributed by atoms with Crippen molar-refractivity contribution in [2.45, 2.75) is 51.8 Å². The lowest BCUT2D eigenvalue weighted by atomic mass is 9.85. The molecule has 1 aliphatic carbocycles. The van der Waals surface area contributed by atoms with E-state index in [0.29, 0.717) is 36.7 Å². The summed E-state index contributed by atoms with van der Waals surface area (Å²) in [4.78, 5) is 30.0. The summed E-state index contributed by atoms with van der Waals surface area (Å²) in [6.45, 7) is 6.34. The van der Waals surface area contributed by atoms with Crippen LogP contribution in [0.2, 0.25) is 0 Å². The minimum absolute atomic E-state index is 0.000551. The van der Waals surface area contributed by atoms with Gasteiger partial charge in [0.1, 0.15) is 18.2 Å². The summed E-state index contributed by atoms with van der Waals surface area (Å²) in [5, 5.41) is 2.96. The van der Waals surface area contributed by atoms with Crippen molar-refractivity contribution >= 4 is 17.5 Å². The van der Waals surface area contributed by atoms with E-state index in [9.17, 15) is 14.0 Å². The SMILES string of the molecule is CO[C@@H]1CN(C)C(=O)c2cc(NC(=O)C3CCC3)ccc2OC[C@H](C)N(Cc2ccc(F)cc2)C[C@@H]1C. The average molecular weight is 512 g/mol. The largest absolute Gasteiger partial charge is 0.491 e. The van der Waals surface area contributed by atoms with Gasteiger partial charge in [0, 0.05) is 51.4 Å². The van der Waals surface area contributed by atoms with Crippen LogP contribution in [0.3, 0.4) is 0 Å². The zero-order valence-corrected chi connectivity index (χ0v) is 22.2. The number of hydrogen-bond donors (Lipinski definition) is 1. The Balaban J connectivity index is 1.60. The molecule has 0 aromatic heterocycles. The van der Waals surface area contributed by atoms with Crippen molar-refractivity contribution in [3.05, 3.63) is 59.4 Å². The monoisotopic (exact) mass is 511 g/mol. The third kappa shape index (κ3) is 6.67. The third-order valence-corrected chi connectivity index (χ3v) is 7.62. The van der Waals surface area contributed by atoms with Crippen LogP contribution in [0.25, 0.3) is 0 Å². The normalized spacial score (nSPS) is 23.8. The maximum atomic E-state index is 13.5. The molecule has 0 radical (unpaired) electrons. The quantitative estimate of drug-likeness (QED) is 0.637. The summed E-state index contributed by atoms with van der Waals surface area (Å²) in [6.07, 6.45) is 2.71. The number of rotatable bonds is 5. The van der Waals surface area contributed by atoms with Crippen molar-refractivity contribution < 1.29 is 23.5 Å². The molecule has 1 fully saturated rings. The van der Waals surface area contributed by atoms with Gasteiger partial charge in [-0.1, -0.05) is 25.5 Å². The van der Waals surface area contributed by atoms with E-state index in [0.717, 1.165) is 31.4 Å². The second-order valence-corrected chi connectivity index (χ2v) is 10.5. The summed E-state index contributed by atoms with van der Waals surface area (Å²) in [5.74, 6) is 0.214. The number of likely N-dealkylation sites (N-methyl/N-ethyl adjacent to an activating group) is 1. The van der Waals surface area contributed by atoms with Crippen molar-refractivity contribution in [2.24, 2.45) is 11.8 Å². The van der Waals surface area contributed by atoms with Gasteiger partial charge in [-0.15, -0.1) is 0 Å². The molecule has 2 aromatic rings. The minimum atomic E-state index is -0.255. The van der Waals surface area contributed by atoms with Gasteiger partial charge >= 0.3 is 0 Å². The number of benzene rings is 2. The fraction of sp³-hybridized carbons (Fsp3) is 0.517. The Hall–Kier alpha value is -2.97. The maximum Gasteiger partial charge on any atom is 0.257 e. The summed E-state index contributed by atoms with van der Waals surface area (Å²) >= 11 is 0. The van der Waals surface area contributed by atoms with Crippen LogP contribution in [0.4, 0.5) is 10.1 Å². The first-order valence-electron chi connectivity index (χ1n) is 13.1. The molecular formula is C29H38FN3O4. The Morgan fingerprint density at radius 3 is 2.51 bits per heavy atom. The maximum absolute atomic E-state index is 13.5. The fourth-order valence-corrected chi connectivity index (χ4v) is 4.89. The Kier molecular flexibility index (Phi) is 8.82. The zero-order valence-electron chi connectivity index (χ0n) is 22.2. The highest BCUT2D eigenvalue weighted by molar-refractivity contribution is 6.00. The third-order valence-electron chi connectivity index (χ3n) is 7.62. The summed E-state index contributed by atoms with van der Waals surface area (Å²) in [6, 6.07) is 11.8. The van der Waals surface area contributed by atoms with Crippen LogP contribution in [0, 0.1) is 17.7 Å². The molecule has 1 aliphatic heterocycles. The second-order valence-electron chi connectivity index (χ2n) is 10.5. The lowest BCUT2D eigenvalue weighted by Gasteiger charge is -2.36. The number of nitrogens with zero attached hydrogens (tertiary/aromatic N) is 2. The number of halogens is 1. The minimum Gasteiger partial charge on any atom is -0.491 e. The van der Waals surface area contributed by atoms with Crippen LogP contribution >= 0.6 is 0 Å². The number of methoxy groups -OCH3 is 1. The average Bonchev–Trinajstić information content (AvgIpc) is 2.84. The molecule has 1 N–H and O–H groups in total. The number of hydrogen-bond acceptors (Lipinski definition) is 5. The van der Waals surface area contributed by atoms with Crippen LogP contribution in [0.1, 0.15) is 49.0 Å². The molecule has 2 amide bonds. The number of anilines is 1. The van der Waals surface area contributed by atoms with Crippen LogP contribution < -0.4 is 10.1 Å². The predicted octanol–water partition coefficient (Wildman–Crippen LogP) is 4.57. The van der Waals surface area contributed by atoms with Gasteiger partial charge < -0.3 is 19.7 Å². The standard InChI is InChI=1S/C29H38FN3O4/c1-19-15-33(16-21-8-10-23(30)11-9-21)20(2)18-37-26-13-12-24(31-28(34)22-6-5-7-22)14-25(26)29(35)32(3)17-27(19)36-4/h8-14,19-20,22,27H,5-7,15-18H2,1-4H3,(H,31,34)/t19-,20-,27+/m0/s1. The highest BCUT2D eigenvalue weighted by atomic mass is 19.1. The first-order chi connectivity index (χ1) is 17.7. The van der Waals surface area contributed by atoms with E-state index < -0.39 is 0 Å². The first-order valence-corrected chi connectivity index (χ1v) is 13.1. The van der Waals surface area contributed by atoms with Crippen LogP contribution in [-0.2, 0) is 16.1 Å². The Morgan fingerprint density at radius 2 is 1.86 bits per heavy atom. The van der Waals surface area contributed by atoms with Crippen molar-refractivity contribution in [1.29, 1.82) is 0 Å². The smallest absolute Gasteiger partial charge is 0.257 e. The molecule has 0 unspecified atom stereocenters. The summed E-state index contributed by atoms with van der Waals surface area (Å²) < 4.78 is 25.5. The Labute approximate surface area is 218 Å². The van der Waals surface area contributed by atoms with Gasteiger partial charge in [0.2, 0.25) is 5.91 Å². The molecular weight excluding hydrogens is 473 g/mol. The lowest BCUT2D eigenvalue weighted by Crippen LogP contribution is -2.46. The van der Waals surface area contributed by atoms with Gasteiger partial charge in [-0.25, -0.2) is 4.39 Å². The highest BCUT2D eigenvalue weighted by Gasteiger charge is 2.29. The number of ether oxygens (including phenoxy) is 2. The van der Waals surface area contributed by atoms with Gasteiger partial charge in [-0.2, -0.15) is 0 Å². The fourth-order valence-electron chi connectivity index (χ4n) is 4.89. The zero-order chi connectivity index (χ0) is 26.5. The van der Waals surface area contributed by atoms with E-state index in [1.54, 1.807) is 49.4 Å². The van der Waals surface area contributed by atoms with Gasteiger partial charge in [0.25, 0.3) is 5.91 Å². The van der Waals surface area contributed by atoms with Gasteiger partial charge in [0.05, 0.1) is 11.7 Å². The number of carbonyl (C=O) groups is 2. The molecule has 0 saturated heterocycles. The van der Waals surface area contributed by atoms with E-state index in [1.807, 2.05) is 0 Å². The highest BCUT2D eigenvalue weighted by Crippen LogP contribution is 2.30. The molecule has 7 nitrogen and oxygen atoms in total. The molecule has 3 atom stereocenters. The number of carbonyl (C=O) groups excluding carboxylic acids is 2. The number of nitrogens with one attached hydrogen (secondary N) is 1. The summed E-state index contributed by atoms with van der Waals surface area (Å²) in [7, 11) is 3.43. The van der Waals surface area contributed by atoms with E-state index in [4.69, 9.17) is 9.47 Å². The number of fused-ring (bicyclic) bond motifs is 1. The molecule has 1 heterocycles. The topological polar surface area (TPSA) is 71.1 Å². The molecule has 37 heavy (non-hydrogen) atoms. The van der Waals surface area contributed by atoms with Crippen LogP contribution in [-0.4, -0.2) is 67.6 Å². The molecule has 4 rings (SSSR count). The molecule has 2 aromatic carbocycles. The van der Waals surface area contributed by atoms with Crippen LogP contribution in [0.15, 0.2) is 42.5 Å². The van der Waals surface area contributed by atoms with E-state index in [1.165, 1.54) is 12.1 Å². The molecule has 0 bridgehead atoms. The second kappa shape index (κ2) is 12.0. The molecule has 1 saturated carbocycles. The van der Waals surface area contributed by atoms with Crippen molar-refractivity contribution in [1.82, 2.24) is 9.80 Å². The lowest BCUT2D eigenvalue weighted by molar-refractivity contribution is -0.122. The van der Waals surface area contributed by atoms with Crippen molar-refractivity contribution in [3.63, 3.8) is 0 Å². The van der Waals surface area contributed by atoms with E-state index in [-0.39, 0.29) is 41.6 Å². The predicted molar refractivity (Wildman–Crippen MR) is 141 cm³/mol. The van der Waals surface area contributed by atoms with Crippen LogP contribution in [0.5, 0.6) is 5.75 Å². The molecule has 200 valence electrons. The molecule has 8 heteroatoms. The van der Waals surface area contributed by atoms with Gasteiger partial charge in [0.15, 0.2) is 0 Å². The number of amides is 2. The molecule has 2 aliphatic rings. The van der Waals surface area contributed by atoms with Gasteiger partial charge in [-0.3, -0.25) is 14.5 Å². The van der Waals surface area contributed by atoms with Crippen molar-refractivity contribution in [2.75, 3.05) is 39.2 Å². The Morgan fingerprint density at radius 1 is 1.14 bits per heavy atom.